The standard InChI is InChI=1S/C28H34N2O6/c1-19(2)22-13-20(3)14-23(15-22)35-17-25(31)21-6-7-26-24(16-21)30(28(33)18-36-26)8-4-5-27(32)29-9-11-34-12-10-29/h6-7,13-16,19H,4-5,8-12,17-18H2,1-3H3. The van der Waals surface area contributed by atoms with Crippen LogP contribution in [0, 0.1) is 6.92 Å². The van der Waals surface area contributed by atoms with Crippen molar-refractivity contribution in [1.29, 1.82) is 0 Å². The molecule has 2 aliphatic heterocycles. The Kier molecular flexibility index (Phi) is 8.25. The molecule has 0 saturated carbocycles. The van der Waals surface area contributed by atoms with Crippen molar-refractivity contribution in [1.82, 2.24) is 4.90 Å². The molecule has 0 spiro atoms. The van der Waals surface area contributed by atoms with E-state index in [9.17, 15) is 14.4 Å². The Balaban J connectivity index is 1.40. The van der Waals surface area contributed by atoms with Crippen LogP contribution in [0.1, 0.15) is 54.1 Å². The maximum atomic E-state index is 12.9. The van der Waals surface area contributed by atoms with Crippen molar-refractivity contribution >= 4 is 23.3 Å². The zero-order valence-corrected chi connectivity index (χ0v) is 21.2. The molecule has 192 valence electrons. The van der Waals surface area contributed by atoms with Crippen molar-refractivity contribution in [3.05, 3.63) is 53.1 Å². The number of carbonyl (C=O) groups is 3. The third-order valence-electron chi connectivity index (χ3n) is 6.47. The van der Waals surface area contributed by atoms with Crippen LogP contribution >= 0.6 is 0 Å². The van der Waals surface area contributed by atoms with Crippen LogP contribution in [0.4, 0.5) is 5.69 Å². The van der Waals surface area contributed by atoms with Crippen molar-refractivity contribution in [2.75, 3.05) is 51.0 Å². The van der Waals surface area contributed by atoms with Crippen molar-refractivity contribution in [3.63, 3.8) is 0 Å². The summed E-state index contributed by atoms with van der Waals surface area (Å²) >= 11 is 0. The smallest absolute Gasteiger partial charge is 0.265 e. The number of hydrogen-bond acceptors (Lipinski definition) is 6. The highest BCUT2D eigenvalue weighted by Crippen LogP contribution is 2.33. The minimum atomic E-state index is -0.192. The van der Waals surface area contributed by atoms with Crippen molar-refractivity contribution in [3.8, 4) is 11.5 Å². The van der Waals surface area contributed by atoms with Crippen LogP contribution in [0.2, 0.25) is 0 Å². The Bertz CT molecular complexity index is 1120. The maximum Gasteiger partial charge on any atom is 0.265 e. The fourth-order valence-corrected chi connectivity index (χ4v) is 4.41. The van der Waals surface area contributed by atoms with Crippen LogP contribution in [0.5, 0.6) is 11.5 Å². The number of anilines is 1. The van der Waals surface area contributed by atoms with Crippen LogP contribution in [0.3, 0.4) is 0 Å². The van der Waals surface area contributed by atoms with Gasteiger partial charge >= 0.3 is 0 Å². The third-order valence-corrected chi connectivity index (χ3v) is 6.47. The van der Waals surface area contributed by atoms with E-state index >= 15 is 0 Å². The molecule has 8 heteroatoms. The Morgan fingerprint density at radius 3 is 2.61 bits per heavy atom. The van der Waals surface area contributed by atoms with Gasteiger partial charge in [0.05, 0.1) is 18.9 Å². The second kappa shape index (κ2) is 11.6. The molecule has 2 heterocycles. The third kappa shape index (κ3) is 6.23. The lowest BCUT2D eigenvalue weighted by atomic mass is 10.0. The number of ketones is 1. The number of carbonyl (C=O) groups excluding carboxylic acids is 3. The molecule has 36 heavy (non-hydrogen) atoms. The molecule has 0 aliphatic carbocycles. The van der Waals surface area contributed by atoms with E-state index in [4.69, 9.17) is 14.2 Å². The largest absolute Gasteiger partial charge is 0.485 e. The fraction of sp³-hybridized carbons (Fsp3) is 0.464. The summed E-state index contributed by atoms with van der Waals surface area (Å²) in [7, 11) is 0. The predicted octanol–water partition coefficient (Wildman–Crippen LogP) is 3.74. The predicted molar refractivity (Wildman–Crippen MR) is 136 cm³/mol. The van der Waals surface area contributed by atoms with E-state index in [2.05, 4.69) is 19.9 Å². The Morgan fingerprint density at radius 1 is 1.08 bits per heavy atom. The molecular weight excluding hydrogens is 460 g/mol. The summed E-state index contributed by atoms with van der Waals surface area (Å²) in [4.78, 5) is 41.4. The first-order valence-corrected chi connectivity index (χ1v) is 12.5. The molecule has 0 bridgehead atoms. The van der Waals surface area contributed by atoms with Gasteiger partial charge in [0.15, 0.2) is 19.0 Å². The number of amides is 2. The highest BCUT2D eigenvalue weighted by molar-refractivity contribution is 6.02. The summed E-state index contributed by atoms with van der Waals surface area (Å²) in [5.74, 6) is 1.25. The summed E-state index contributed by atoms with van der Waals surface area (Å²) in [6.45, 7) is 8.77. The van der Waals surface area contributed by atoms with Crippen LogP contribution in [0.25, 0.3) is 0 Å². The van der Waals surface area contributed by atoms with Gasteiger partial charge in [0.25, 0.3) is 5.91 Å². The lowest BCUT2D eigenvalue weighted by molar-refractivity contribution is -0.135. The Morgan fingerprint density at radius 2 is 1.86 bits per heavy atom. The van der Waals surface area contributed by atoms with E-state index in [1.165, 1.54) is 0 Å². The van der Waals surface area contributed by atoms with Gasteiger partial charge in [-0.3, -0.25) is 14.4 Å². The average molecular weight is 495 g/mol. The quantitative estimate of drug-likeness (QED) is 0.494. The molecule has 0 unspecified atom stereocenters. The van der Waals surface area contributed by atoms with Crippen LogP contribution in [-0.2, 0) is 14.3 Å². The van der Waals surface area contributed by atoms with Gasteiger partial charge in [-0.1, -0.05) is 19.9 Å². The zero-order chi connectivity index (χ0) is 25.7. The van der Waals surface area contributed by atoms with Gasteiger partial charge in [0.1, 0.15) is 11.5 Å². The molecule has 2 aromatic carbocycles. The van der Waals surface area contributed by atoms with Gasteiger partial charge in [0, 0.05) is 31.6 Å². The van der Waals surface area contributed by atoms with Crippen LogP contribution < -0.4 is 14.4 Å². The number of aryl methyl sites for hydroxylation is 1. The molecule has 0 radical (unpaired) electrons. The number of hydrogen-bond donors (Lipinski definition) is 0. The van der Waals surface area contributed by atoms with Gasteiger partial charge < -0.3 is 24.0 Å². The van der Waals surface area contributed by atoms with Gasteiger partial charge in [0.2, 0.25) is 5.91 Å². The Hall–Kier alpha value is -3.39. The van der Waals surface area contributed by atoms with Crippen molar-refractivity contribution in [2.24, 2.45) is 0 Å². The number of Topliss-reactive ketones (excluding diaryl/α,β-unsaturated/α-hetero) is 1. The summed E-state index contributed by atoms with van der Waals surface area (Å²) in [5.41, 5.74) is 3.23. The van der Waals surface area contributed by atoms with E-state index in [1.54, 1.807) is 28.0 Å². The lowest BCUT2D eigenvalue weighted by Crippen LogP contribution is -2.42. The molecule has 1 fully saturated rings. The minimum Gasteiger partial charge on any atom is -0.485 e. The number of benzene rings is 2. The van der Waals surface area contributed by atoms with Gasteiger partial charge in [-0.2, -0.15) is 0 Å². The Labute approximate surface area is 212 Å². The first kappa shape index (κ1) is 25.7. The highest BCUT2D eigenvalue weighted by atomic mass is 16.5. The minimum absolute atomic E-state index is 0.0631. The van der Waals surface area contributed by atoms with Crippen molar-refractivity contribution < 1.29 is 28.6 Å². The fourth-order valence-electron chi connectivity index (χ4n) is 4.41. The molecule has 0 atom stereocenters. The molecule has 8 nitrogen and oxygen atoms in total. The van der Waals surface area contributed by atoms with Crippen LogP contribution in [-0.4, -0.2) is 68.6 Å². The molecule has 0 aromatic heterocycles. The number of morpholine rings is 1. The highest BCUT2D eigenvalue weighted by Gasteiger charge is 2.27. The SMILES string of the molecule is Cc1cc(OCC(=O)c2ccc3c(c2)N(CCCC(=O)N2CCOCC2)C(=O)CO3)cc(C(C)C)c1. The summed E-state index contributed by atoms with van der Waals surface area (Å²) in [6.07, 6.45) is 0.871. The topological polar surface area (TPSA) is 85.4 Å². The lowest BCUT2D eigenvalue weighted by Gasteiger charge is -2.30. The molecule has 2 aromatic rings. The number of rotatable bonds is 9. The molecule has 2 aliphatic rings. The van der Waals surface area contributed by atoms with Gasteiger partial charge in [-0.05, 0) is 60.7 Å². The molecule has 1 saturated heterocycles. The van der Waals surface area contributed by atoms with E-state index in [0.717, 1.165) is 11.1 Å². The zero-order valence-electron chi connectivity index (χ0n) is 21.2. The first-order valence-electron chi connectivity index (χ1n) is 12.5. The molecule has 0 N–H and O–H groups in total. The van der Waals surface area contributed by atoms with Gasteiger partial charge in [-0.15, -0.1) is 0 Å². The summed E-state index contributed by atoms with van der Waals surface area (Å²) in [6, 6.07) is 11.1. The second-order valence-corrected chi connectivity index (χ2v) is 9.56. The normalized spacial score (nSPS) is 15.5. The monoisotopic (exact) mass is 494 g/mol. The first-order chi connectivity index (χ1) is 17.3. The number of nitrogens with zero attached hydrogens (tertiary/aromatic N) is 2. The number of fused-ring (bicyclic) bond motifs is 1. The van der Waals surface area contributed by atoms with Crippen LogP contribution in [0.15, 0.2) is 36.4 Å². The maximum absolute atomic E-state index is 12.9. The van der Waals surface area contributed by atoms with Crippen molar-refractivity contribution in [2.45, 2.75) is 39.5 Å². The average Bonchev–Trinajstić information content (AvgIpc) is 2.88. The van der Waals surface area contributed by atoms with E-state index in [1.807, 2.05) is 19.1 Å². The second-order valence-electron chi connectivity index (χ2n) is 9.56. The van der Waals surface area contributed by atoms with E-state index in [-0.39, 0.29) is 30.8 Å². The van der Waals surface area contributed by atoms with E-state index < -0.39 is 0 Å². The number of ether oxygens (including phenoxy) is 3. The molecule has 2 amide bonds. The molecular formula is C28H34N2O6. The van der Waals surface area contributed by atoms with E-state index in [0.29, 0.717) is 74.4 Å². The molecule has 4 rings (SSSR count). The summed E-state index contributed by atoms with van der Waals surface area (Å²) < 4.78 is 16.7. The van der Waals surface area contributed by atoms with Gasteiger partial charge in [-0.25, -0.2) is 0 Å². The summed E-state index contributed by atoms with van der Waals surface area (Å²) in [5, 5.41) is 0.